The van der Waals surface area contributed by atoms with E-state index in [0.717, 1.165) is 50.2 Å². The van der Waals surface area contributed by atoms with Gasteiger partial charge in [-0.25, -0.2) is 4.39 Å². The summed E-state index contributed by atoms with van der Waals surface area (Å²) in [4.78, 5) is 2.20. The van der Waals surface area contributed by atoms with Gasteiger partial charge in [0.25, 0.3) is 0 Å². The Hall–Kier alpha value is -1.13. The van der Waals surface area contributed by atoms with Crippen LogP contribution < -0.4 is 10.6 Å². The second-order valence-corrected chi connectivity index (χ2v) is 5.10. The number of benzene rings is 1. The lowest BCUT2D eigenvalue weighted by molar-refractivity contribution is 0.0440. The van der Waals surface area contributed by atoms with Crippen LogP contribution >= 0.6 is 0 Å². The first kappa shape index (κ1) is 14.3. The minimum atomic E-state index is -0.213. The van der Waals surface area contributed by atoms with E-state index in [1.807, 2.05) is 6.07 Å². The highest BCUT2D eigenvalue weighted by atomic mass is 19.1. The van der Waals surface area contributed by atoms with Crippen LogP contribution in [0.1, 0.15) is 31.7 Å². The number of hydrogen-bond acceptors (Lipinski definition) is 3. The summed E-state index contributed by atoms with van der Waals surface area (Å²) in [6.45, 7) is 5.08. The normalized spacial score (nSPS) is 19.7. The number of nitrogens with two attached hydrogens (primary N) is 1. The van der Waals surface area contributed by atoms with E-state index in [2.05, 4.69) is 11.8 Å². The number of hydrogen-bond donors (Lipinski definition) is 1. The van der Waals surface area contributed by atoms with Crippen molar-refractivity contribution >= 4 is 5.69 Å². The Morgan fingerprint density at radius 2 is 2.26 bits per heavy atom. The smallest absolute Gasteiger partial charge is 0.125 e. The highest BCUT2D eigenvalue weighted by Crippen LogP contribution is 2.23. The Morgan fingerprint density at radius 3 is 3.00 bits per heavy atom. The third kappa shape index (κ3) is 3.91. The predicted octanol–water partition coefficient (Wildman–Crippen LogP) is 2.68. The van der Waals surface area contributed by atoms with Crippen molar-refractivity contribution in [3.63, 3.8) is 0 Å². The minimum Gasteiger partial charge on any atom is -0.376 e. The zero-order valence-corrected chi connectivity index (χ0v) is 11.6. The van der Waals surface area contributed by atoms with E-state index in [1.165, 1.54) is 6.07 Å². The van der Waals surface area contributed by atoms with Crippen LogP contribution in [0.25, 0.3) is 0 Å². The third-order valence-corrected chi connectivity index (χ3v) is 3.48. The summed E-state index contributed by atoms with van der Waals surface area (Å²) in [5.74, 6) is -0.213. The summed E-state index contributed by atoms with van der Waals surface area (Å²) >= 11 is 0. The lowest BCUT2D eigenvalue weighted by Gasteiger charge is -2.34. The number of rotatable bonds is 5. The Morgan fingerprint density at radius 1 is 1.42 bits per heavy atom. The van der Waals surface area contributed by atoms with Crippen molar-refractivity contribution in [2.45, 2.75) is 38.8 Å². The fraction of sp³-hybridized carbons (Fsp3) is 0.600. The van der Waals surface area contributed by atoms with Crippen LogP contribution in [0.5, 0.6) is 0 Å². The second kappa shape index (κ2) is 6.87. The average molecular weight is 266 g/mol. The molecule has 1 fully saturated rings. The molecule has 1 unspecified atom stereocenters. The van der Waals surface area contributed by atoms with Gasteiger partial charge in [0.15, 0.2) is 0 Å². The molecular formula is C15H23FN2O. The fourth-order valence-corrected chi connectivity index (χ4v) is 2.53. The maximum atomic E-state index is 13.6. The number of anilines is 1. The molecule has 106 valence electrons. The van der Waals surface area contributed by atoms with Crippen LogP contribution in [0, 0.1) is 5.82 Å². The van der Waals surface area contributed by atoms with Crippen molar-refractivity contribution in [3.05, 3.63) is 29.6 Å². The predicted molar refractivity (Wildman–Crippen MR) is 75.8 cm³/mol. The number of ether oxygens (including phenoxy) is 1. The topological polar surface area (TPSA) is 38.5 Å². The van der Waals surface area contributed by atoms with Crippen molar-refractivity contribution in [1.82, 2.24) is 0 Å². The monoisotopic (exact) mass is 266 g/mol. The molecular weight excluding hydrogens is 243 g/mol. The maximum absolute atomic E-state index is 13.6. The number of halogens is 1. The van der Waals surface area contributed by atoms with Gasteiger partial charge in [0.1, 0.15) is 5.82 Å². The largest absolute Gasteiger partial charge is 0.376 e. The van der Waals surface area contributed by atoms with Gasteiger partial charge in [0, 0.05) is 31.9 Å². The molecule has 2 rings (SSSR count). The summed E-state index contributed by atoms with van der Waals surface area (Å²) in [6.07, 6.45) is 3.48. The summed E-state index contributed by atoms with van der Waals surface area (Å²) < 4.78 is 19.4. The number of nitrogens with zero attached hydrogens (tertiary/aromatic N) is 1. The first-order chi connectivity index (χ1) is 9.22. The first-order valence-electron chi connectivity index (χ1n) is 7.09. The van der Waals surface area contributed by atoms with Crippen LogP contribution in [0.3, 0.4) is 0 Å². The van der Waals surface area contributed by atoms with Gasteiger partial charge in [-0.1, -0.05) is 6.92 Å². The van der Waals surface area contributed by atoms with Gasteiger partial charge in [-0.2, -0.15) is 0 Å². The summed E-state index contributed by atoms with van der Waals surface area (Å²) in [5.41, 5.74) is 7.36. The van der Waals surface area contributed by atoms with Crippen LogP contribution in [-0.2, 0) is 11.3 Å². The molecule has 4 heteroatoms. The zero-order valence-electron chi connectivity index (χ0n) is 11.6. The average Bonchev–Trinajstić information content (AvgIpc) is 2.44. The van der Waals surface area contributed by atoms with Gasteiger partial charge in [-0.15, -0.1) is 0 Å². The molecule has 0 radical (unpaired) electrons. The summed E-state index contributed by atoms with van der Waals surface area (Å²) in [5, 5.41) is 0. The maximum Gasteiger partial charge on any atom is 0.125 e. The van der Waals surface area contributed by atoms with Gasteiger partial charge >= 0.3 is 0 Å². The molecule has 0 aliphatic carbocycles. The van der Waals surface area contributed by atoms with Crippen LogP contribution in [0.15, 0.2) is 18.2 Å². The molecule has 1 atom stereocenters. The van der Waals surface area contributed by atoms with Crippen molar-refractivity contribution < 1.29 is 9.13 Å². The van der Waals surface area contributed by atoms with Gasteiger partial charge in [0.2, 0.25) is 0 Å². The van der Waals surface area contributed by atoms with Crippen molar-refractivity contribution in [3.8, 4) is 0 Å². The molecule has 1 aliphatic rings. The van der Waals surface area contributed by atoms with Crippen LogP contribution in [0.2, 0.25) is 0 Å². The minimum absolute atomic E-state index is 0.213. The fourth-order valence-electron chi connectivity index (χ4n) is 2.53. The Labute approximate surface area is 114 Å². The van der Waals surface area contributed by atoms with Gasteiger partial charge < -0.3 is 15.4 Å². The van der Waals surface area contributed by atoms with E-state index in [4.69, 9.17) is 10.5 Å². The molecule has 0 amide bonds. The van der Waals surface area contributed by atoms with Gasteiger partial charge in [-0.05, 0) is 43.0 Å². The quantitative estimate of drug-likeness (QED) is 0.890. The van der Waals surface area contributed by atoms with Crippen molar-refractivity contribution in [2.75, 3.05) is 24.6 Å². The van der Waals surface area contributed by atoms with Gasteiger partial charge in [0.05, 0.1) is 6.10 Å². The Bertz CT molecular complexity index is 411. The first-order valence-corrected chi connectivity index (χ1v) is 7.09. The molecule has 0 aromatic heterocycles. The molecule has 0 bridgehead atoms. The molecule has 1 aromatic rings. The standard InChI is InChI=1S/C15H23FN2O/c1-2-6-19-15-4-3-5-18(11-15)14-8-12(10-17)7-13(16)9-14/h7-9,15H,2-6,10-11,17H2,1H3. The molecule has 0 spiro atoms. The van der Waals surface area contributed by atoms with Crippen molar-refractivity contribution in [2.24, 2.45) is 5.73 Å². The lowest BCUT2D eigenvalue weighted by atomic mass is 10.1. The highest BCUT2D eigenvalue weighted by Gasteiger charge is 2.21. The summed E-state index contributed by atoms with van der Waals surface area (Å²) in [6, 6.07) is 5.06. The van der Waals surface area contributed by atoms with Crippen LogP contribution in [-0.4, -0.2) is 25.8 Å². The molecule has 0 saturated carbocycles. The molecule has 1 heterocycles. The highest BCUT2D eigenvalue weighted by molar-refractivity contribution is 5.49. The SMILES string of the molecule is CCCOC1CCCN(c2cc(F)cc(CN)c2)C1. The van der Waals surface area contributed by atoms with Crippen LogP contribution in [0.4, 0.5) is 10.1 Å². The molecule has 19 heavy (non-hydrogen) atoms. The van der Waals surface area contributed by atoms with E-state index >= 15 is 0 Å². The molecule has 2 N–H and O–H groups in total. The molecule has 1 saturated heterocycles. The van der Waals surface area contributed by atoms with E-state index in [1.54, 1.807) is 6.07 Å². The van der Waals surface area contributed by atoms with Crippen molar-refractivity contribution in [1.29, 1.82) is 0 Å². The van der Waals surface area contributed by atoms with E-state index in [-0.39, 0.29) is 11.9 Å². The Kier molecular flexibility index (Phi) is 5.16. The van der Waals surface area contributed by atoms with E-state index < -0.39 is 0 Å². The van der Waals surface area contributed by atoms with Gasteiger partial charge in [-0.3, -0.25) is 0 Å². The second-order valence-electron chi connectivity index (χ2n) is 5.10. The van der Waals surface area contributed by atoms with E-state index in [0.29, 0.717) is 6.54 Å². The zero-order chi connectivity index (χ0) is 13.7. The molecule has 3 nitrogen and oxygen atoms in total. The molecule has 1 aliphatic heterocycles. The summed E-state index contributed by atoms with van der Waals surface area (Å²) in [7, 11) is 0. The molecule has 1 aromatic carbocycles. The Balaban J connectivity index is 2.06. The number of piperidine rings is 1. The lowest BCUT2D eigenvalue weighted by Crippen LogP contribution is -2.40. The van der Waals surface area contributed by atoms with E-state index in [9.17, 15) is 4.39 Å². The third-order valence-electron chi connectivity index (χ3n) is 3.48.